The molecule has 0 unspecified atom stereocenters. The first-order valence-electron chi connectivity index (χ1n) is 10.3. The minimum atomic E-state index is -4.10. The normalized spacial score (nSPS) is 16.3. The van der Waals surface area contributed by atoms with Crippen molar-refractivity contribution in [2.24, 2.45) is 0 Å². The van der Waals surface area contributed by atoms with Crippen LogP contribution in [0.2, 0.25) is 0 Å². The quantitative estimate of drug-likeness (QED) is 0.652. The number of ether oxygens (including phenoxy) is 2. The lowest BCUT2D eigenvalue weighted by atomic mass is 9.99. The number of rotatable bonds is 6. The Balaban J connectivity index is 1.91. The smallest absolute Gasteiger partial charge is 0.328 e. The first-order chi connectivity index (χ1) is 14.9. The zero-order chi connectivity index (χ0) is 23.6. The molecule has 8 nitrogen and oxygen atoms in total. The Kier molecular flexibility index (Phi) is 6.71. The second-order valence-corrected chi connectivity index (χ2v) is 11.0. The number of hydrogen-bond donors (Lipinski definition) is 1. The van der Waals surface area contributed by atoms with Crippen LogP contribution < -0.4 is 0 Å². The van der Waals surface area contributed by atoms with E-state index >= 15 is 0 Å². The molecule has 0 aliphatic carbocycles. The Bertz CT molecular complexity index is 1080. The number of aliphatic carboxylic acids is 1. The van der Waals surface area contributed by atoms with Crippen LogP contribution in [0.1, 0.15) is 39.2 Å². The molecule has 1 aliphatic heterocycles. The molecule has 1 saturated heterocycles. The SMILES string of the molecule is CC(C)(C)OC(=O)C1(S(=O)(=O)c2ccc(-c3ccc(CC(=O)O)cc3)nc2)CCOCC1. The van der Waals surface area contributed by atoms with Crippen molar-refractivity contribution in [1.29, 1.82) is 0 Å². The molecule has 1 fully saturated rings. The molecule has 9 heteroatoms. The molecular formula is C23H27NO7S. The Hall–Kier alpha value is -2.78. The molecule has 0 spiro atoms. The summed E-state index contributed by atoms with van der Waals surface area (Å²) in [5.74, 6) is -1.69. The van der Waals surface area contributed by atoms with E-state index in [9.17, 15) is 18.0 Å². The van der Waals surface area contributed by atoms with Crippen molar-refractivity contribution < 1.29 is 32.6 Å². The number of sulfone groups is 1. The number of aromatic nitrogens is 1. The lowest BCUT2D eigenvalue weighted by molar-refractivity contribution is -0.160. The Morgan fingerprint density at radius 3 is 2.22 bits per heavy atom. The minimum Gasteiger partial charge on any atom is -0.481 e. The highest BCUT2D eigenvalue weighted by molar-refractivity contribution is 7.93. The van der Waals surface area contributed by atoms with Gasteiger partial charge in [-0.2, -0.15) is 0 Å². The molecule has 0 bridgehead atoms. The van der Waals surface area contributed by atoms with Crippen molar-refractivity contribution in [3.63, 3.8) is 0 Å². The molecule has 0 atom stereocenters. The number of pyridine rings is 1. The lowest BCUT2D eigenvalue weighted by Crippen LogP contribution is -2.53. The first-order valence-corrected chi connectivity index (χ1v) is 11.8. The third-order valence-corrected chi connectivity index (χ3v) is 7.70. The standard InChI is InChI=1S/C23H27NO7S/c1-22(2,3)31-21(27)23(10-12-30-13-11-23)32(28,29)18-8-9-19(24-15-18)17-6-4-16(5-7-17)14-20(25)26/h4-9,15H,10-14H2,1-3H3,(H,25,26). The molecular weight excluding hydrogens is 434 g/mol. The van der Waals surface area contributed by atoms with Crippen molar-refractivity contribution >= 4 is 21.8 Å². The van der Waals surface area contributed by atoms with Crippen LogP contribution in [0.25, 0.3) is 11.3 Å². The van der Waals surface area contributed by atoms with Gasteiger partial charge in [-0.25, -0.2) is 8.42 Å². The van der Waals surface area contributed by atoms with Gasteiger partial charge >= 0.3 is 11.9 Å². The number of hydrogen-bond acceptors (Lipinski definition) is 7. The molecule has 3 rings (SSSR count). The predicted molar refractivity (Wildman–Crippen MR) is 117 cm³/mol. The number of carbonyl (C=O) groups excluding carboxylic acids is 1. The molecule has 172 valence electrons. The van der Waals surface area contributed by atoms with E-state index in [1.54, 1.807) is 51.1 Å². The van der Waals surface area contributed by atoms with Crippen LogP contribution in [0.4, 0.5) is 0 Å². The van der Waals surface area contributed by atoms with Gasteiger partial charge in [-0.05, 0) is 38.5 Å². The van der Waals surface area contributed by atoms with Gasteiger partial charge in [0.25, 0.3) is 0 Å². The van der Waals surface area contributed by atoms with Gasteiger partial charge in [-0.15, -0.1) is 0 Å². The zero-order valence-electron chi connectivity index (χ0n) is 18.3. The van der Waals surface area contributed by atoms with Crippen LogP contribution in [0, 0.1) is 0 Å². The van der Waals surface area contributed by atoms with E-state index in [-0.39, 0.29) is 37.4 Å². The Morgan fingerprint density at radius 2 is 1.72 bits per heavy atom. The number of esters is 1. The van der Waals surface area contributed by atoms with Gasteiger partial charge in [0, 0.05) is 37.8 Å². The average molecular weight is 462 g/mol. The zero-order valence-corrected chi connectivity index (χ0v) is 19.1. The van der Waals surface area contributed by atoms with Gasteiger partial charge in [0.2, 0.25) is 0 Å². The average Bonchev–Trinajstić information content (AvgIpc) is 2.73. The van der Waals surface area contributed by atoms with E-state index in [0.717, 1.165) is 5.56 Å². The summed E-state index contributed by atoms with van der Waals surface area (Å²) in [5, 5.41) is 8.88. The fraction of sp³-hybridized carbons (Fsp3) is 0.435. The molecule has 1 aromatic heterocycles. The Labute approximate surface area is 187 Å². The van der Waals surface area contributed by atoms with Crippen LogP contribution in [0.3, 0.4) is 0 Å². The molecule has 2 heterocycles. The van der Waals surface area contributed by atoms with Gasteiger partial charge in [-0.1, -0.05) is 24.3 Å². The van der Waals surface area contributed by atoms with E-state index < -0.39 is 32.1 Å². The second-order valence-electron chi connectivity index (χ2n) is 8.76. The molecule has 1 aliphatic rings. The van der Waals surface area contributed by atoms with E-state index in [2.05, 4.69) is 4.98 Å². The van der Waals surface area contributed by atoms with Gasteiger partial charge in [0.15, 0.2) is 14.6 Å². The molecule has 0 radical (unpaired) electrons. The fourth-order valence-corrected chi connectivity index (χ4v) is 5.41. The van der Waals surface area contributed by atoms with Gasteiger partial charge < -0.3 is 14.6 Å². The number of benzene rings is 1. The largest absolute Gasteiger partial charge is 0.481 e. The monoisotopic (exact) mass is 461 g/mol. The summed E-state index contributed by atoms with van der Waals surface area (Å²) in [7, 11) is -4.10. The van der Waals surface area contributed by atoms with E-state index in [1.165, 1.54) is 12.3 Å². The van der Waals surface area contributed by atoms with Crippen molar-refractivity contribution in [3.8, 4) is 11.3 Å². The number of carboxylic acids is 1. The third kappa shape index (κ3) is 4.99. The fourth-order valence-electron chi connectivity index (χ4n) is 3.56. The number of carbonyl (C=O) groups is 2. The summed E-state index contributed by atoms with van der Waals surface area (Å²) in [6.07, 6.45) is 1.19. The maximum Gasteiger partial charge on any atom is 0.328 e. The van der Waals surface area contributed by atoms with Gasteiger partial charge in [0.1, 0.15) is 5.60 Å². The van der Waals surface area contributed by atoms with Crippen LogP contribution in [0.15, 0.2) is 47.5 Å². The number of carboxylic acid groups (broad SMARTS) is 1. The van der Waals surface area contributed by atoms with Crippen molar-refractivity contribution in [1.82, 2.24) is 4.98 Å². The highest BCUT2D eigenvalue weighted by Crippen LogP contribution is 2.37. The van der Waals surface area contributed by atoms with Gasteiger partial charge in [-0.3, -0.25) is 14.6 Å². The van der Waals surface area contributed by atoms with E-state index in [0.29, 0.717) is 11.3 Å². The molecule has 1 aromatic carbocycles. The molecule has 0 saturated carbocycles. The van der Waals surface area contributed by atoms with Crippen LogP contribution >= 0.6 is 0 Å². The topological polar surface area (TPSA) is 120 Å². The minimum absolute atomic E-state index is 0.0109. The van der Waals surface area contributed by atoms with Crippen molar-refractivity contribution in [2.75, 3.05) is 13.2 Å². The summed E-state index contributed by atoms with van der Waals surface area (Å²) in [4.78, 5) is 28.1. The number of nitrogens with zero attached hydrogens (tertiary/aromatic N) is 1. The van der Waals surface area contributed by atoms with Crippen LogP contribution in [-0.2, 0) is 35.3 Å². The van der Waals surface area contributed by atoms with Crippen molar-refractivity contribution in [2.45, 2.75) is 55.3 Å². The first kappa shape index (κ1) is 23.9. The Morgan fingerprint density at radius 1 is 1.09 bits per heavy atom. The summed E-state index contributed by atoms with van der Waals surface area (Å²) >= 11 is 0. The summed E-state index contributed by atoms with van der Waals surface area (Å²) in [5.41, 5.74) is 1.08. The van der Waals surface area contributed by atoms with Crippen molar-refractivity contribution in [3.05, 3.63) is 48.2 Å². The molecule has 1 N–H and O–H groups in total. The highest BCUT2D eigenvalue weighted by Gasteiger charge is 2.54. The van der Waals surface area contributed by atoms with Crippen LogP contribution in [0.5, 0.6) is 0 Å². The predicted octanol–water partition coefficient (Wildman–Crippen LogP) is 3.04. The van der Waals surface area contributed by atoms with E-state index in [4.69, 9.17) is 14.6 Å². The molecule has 2 aromatic rings. The van der Waals surface area contributed by atoms with Gasteiger partial charge in [0.05, 0.1) is 17.0 Å². The maximum atomic E-state index is 13.6. The van der Waals surface area contributed by atoms with E-state index in [1.807, 2.05) is 0 Å². The third-order valence-electron chi connectivity index (χ3n) is 5.24. The summed E-state index contributed by atoms with van der Waals surface area (Å²) in [6, 6.07) is 9.85. The highest BCUT2D eigenvalue weighted by atomic mass is 32.2. The maximum absolute atomic E-state index is 13.6. The second kappa shape index (κ2) is 8.99. The summed E-state index contributed by atoms with van der Waals surface area (Å²) < 4.78 is 36.2. The van der Waals surface area contributed by atoms with Crippen LogP contribution in [-0.4, -0.2) is 54.0 Å². The molecule has 0 amide bonds. The molecule has 32 heavy (non-hydrogen) atoms. The lowest BCUT2D eigenvalue weighted by Gasteiger charge is -2.36. The summed E-state index contributed by atoms with van der Waals surface area (Å²) in [6.45, 7) is 5.38.